The summed E-state index contributed by atoms with van der Waals surface area (Å²) < 4.78 is 5.78. The number of nitrogens with zero attached hydrogens (tertiary/aromatic N) is 1. The molecule has 1 aromatic carbocycles. The summed E-state index contributed by atoms with van der Waals surface area (Å²) in [6.45, 7) is 6.43. The van der Waals surface area contributed by atoms with Gasteiger partial charge in [0.1, 0.15) is 11.5 Å². The van der Waals surface area contributed by atoms with Crippen molar-refractivity contribution in [1.82, 2.24) is 4.90 Å². The van der Waals surface area contributed by atoms with E-state index in [1.807, 2.05) is 13.8 Å². The third-order valence-corrected chi connectivity index (χ3v) is 4.18. The molecule has 0 amide bonds. The van der Waals surface area contributed by atoms with Crippen LogP contribution < -0.4 is 4.74 Å². The second kappa shape index (κ2) is 5.53. The molecule has 2 heterocycles. The van der Waals surface area contributed by atoms with Gasteiger partial charge in [0.25, 0.3) is 0 Å². The average molecular weight is 287 g/mol. The number of carbonyl (C=O) groups excluding carboxylic acids is 1. The Kier molecular flexibility index (Phi) is 3.72. The van der Waals surface area contributed by atoms with E-state index >= 15 is 0 Å². The summed E-state index contributed by atoms with van der Waals surface area (Å²) >= 11 is 0. The minimum atomic E-state index is -0.0788. The van der Waals surface area contributed by atoms with Crippen LogP contribution in [-0.2, 0) is 6.54 Å². The number of piperidine rings is 1. The number of allylic oxidation sites excluding steroid dienone is 2. The van der Waals surface area contributed by atoms with Crippen LogP contribution in [-0.4, -0.2) is 28.9 Å². The van der Waals surface area contributed by atoms with Crippen LogP contribution >= 0.6 is 0 Å². The van der Waals surface area contributed by atoms with E-state index in [9.17, 15) is 9.90 Å². The Balaban J connectivity index is 1.96. The van der Waals surface area contributed by atoms with Gasteiger partial charge >= 0.3 is 0 Å². The lowest BCUT2D eigenvalue weighted by atomic mass is 10.0. The third-order valence-electron chi connectivity index (χ3n) is 4.18. The molecule has 0 unspecified atom stereocenters. The van der Waals surface area contributed by atoms with E-state index in [1.165, 1.54) is 19.3 Å². The molecule has 0 atom stereocenters. The number of rotatable bonds is 2. The molecule has 1 N–H and O–H groups in total. The van der Waals surface area contributed by atoms with Gasteiger partial charge in [-0.05, 0) is 57.5 Å². The highest BCUT2D eigenvalue weighted by Gasteiger charge is 2.32. The molecular weight excluding hydrogens is 266 g/mol. The molecule has 0 radical (unpaired) electrons. The van der Waals surface area contributed by atoms with E-state index in [4.69, 9.17) is 4.74 Å². The molecule has 0 spiro atoms. The van der Waals surface area contributed by atoms with Gasteiger partial charge in [0.05, 0.1) is 11.1 Å². The molecule has 0 saturated carbocycles. The van der Waals surface area contributed by atoms with E-state index in [0.29, 0.717) is 23.6 Å². The lowest BCUT2D eigenvalue weighted by Gasteiger charge is -2.27. The zero-order chi connectivity index (χ0) is 15.0. The maximum Gasteiger partial charge on any atom is 0.231 e. The smallest absolute Gasteiger partial charge is 0.231 e. The molecule has 21 heavy (non-hydrogen) atoms. The first-order chi connectivity index (χ1) is 10.1. The molecule has 1 saturated heterocycles. The summed E-state index contributed by atoms with van der Waals surface area (Å²) in [4.78, 5) is 14.6. The van der Waals surface area contributed by atoms with E-state index in [2.05, 4.69) is 4.90 Å². The number of carbonyl (C=O) groups is 1. The summed E-state index contributed by atoms with van der Waals surface area (Å²) in [6, 6.07) is 3.26. The first kappa shape index (κ1) is 14.1. The van der Waals surface area contributed by atoms with E-state index in [0.717, 1.165) is 24.2 Å². The van der Waals surface area contributed by atoms with Crippen LogP contribution in [0.5, 0.6) is 11.5 Å². The van der Waals surface area contributed by atoms with Gasteiger partial charge in [-0.2, -0.15) is 0 Å². The lowest BCUT2D eigenvalue weighted by molar-refractivity contribution is 0.101. The van der Waals surface area contributed by atoms with Gasteiger partial charge in [-0.3, -0.25) is 9.69 Å². The highest BCUT2D eigenvalue weighted by molar-refractivity contribution is 6.13. The quantitative estimate of drug-likeness (QED) is 0.848. The SMILES string of the molecule is CC(C)=C1Oc2c(ccc(O)c2CN2CCCCC2)C1=O. The van der Waals surface area contributed by atoms with E-state index in [1.54, 1.807) is 12.1 Å². The van der Waals surface area contributed by atoms with Crippen molar-refractivity contribution in [1.29, 1.82) is 0 Å². The Morgan fingerprint density at radius 3 is 2.62 bits per heavy atom. The second-order valence-corrected chi connectivity index (χ2v) is 6.04. The third kappa shape index (κ3) is 2.56. The molecule has 2 aliphatic heterocycles. The van der Waals surface area contributed by atoms with Crippen molar-refractivity contribution in [3.63, 3.8) is 0 Å². The molecule has 1 aromatic rings. The Bertz CT molecular complexity index is 609. The van der Waals surface area contributed by atoms with E-state index in [-0.39, 0.29) is 11.5 Å². The largest absolute Gasteiger partial charge is 0.507 e. The average Bonchev–Trinajstić information content (AvgIpc) is 2.81. The highest BCUT2D eigenvalue weighted by atomic mass is 16.5. The Morgan fingerprint density at radius 1 is 1.24 bits per heavy atom. The minimum Gasteiger partial charge on any atom is -0.507 e. The van der Waals surface area contributed by atoms with Crippen molar-refractivity contribution < 1.29 is 14.6 Å². The van der Waals surface area contributed by atoms with Crippen LogP contribution in [0.15, 0.2) is 23.5 Å². The fourth-order valence-corrected chi connectivity index (χ4v) is 3.01. The zero-order valence-electron chi connectivity index (χ0n) is 12.6. The van der Waals surface area contributed by atoms with Crippen molar-refractivity contribution in [2.45, 2.75) is 39.7 Å². The predicted octanol–water partition coefficient (Wildman–Crippen LogP) is 3.25. The fourth-order valence-electron chi connectivity index (χ4n) is 3.01. The predicted molar refractivity (Wildman–Crippen MR) is 80.6 cm³/mol. The number of aromatic hydroxyl groups is 1. The Labute approximate surface area is 125 Å². The van der Waals surface area contributed by atoms with Crippen LogP contribution in [0, 0.1) is 0 Å². The summed E-state index contributed by atoms with van der Waals surface area (Å²) in [5.41, 5.74) is 2.16. The van der Waals surface area contributed by atoms with Gasteiger partial charge < -0.3 is 9.84 Å². The molecule has 2 aliphatic rings. The van der Waals surface area contributed by atoms with E-state index < -0.39 is 0 Å². The number of benzene rings is 1. The number of phenolic OH excluding ortho intramolecular Hbond substituents is 1. The molecular formula is C17H21NO3. The maximum atomic E-state index is 12.3. The lowest BCUT2D eigenvalue weighted by Crippen LogP contribution is -2.29. The Morgan fingerprint density at radius 2 is 1.95 bits per heavy atom. The number of hydrogen-bond acceptors (Lipinski definition) is 4. The van der Waals surface area contributed by atoms with Crippen molar-refractivity contribution >= 4 is 5.78 Å². The Hall–Kier alpha value is -1.81. The summed E-state index contributed by atoms with van der Waals surface area (Å²) in [6.07, 6.45) is 3.65. The molecule has 1 fully saturated rings. The van der Waals surface area contributed by atoms with Gasteiger partial charge in [0.15, 0.2) is 5.76 Å². The number of phenols is 1. The molecule has 4 heteroatoms. The molecule has 0 aromatic heterocycles. The van der Waals surface area contributed by atoms with Crippen molar-refractivity contribution in [2.24, 2.45) is 0 Å². The number of likely N-dealkylation sites (tertiary alicyclic amines) is 1. The van der Waals surface area contributed by atoms with Crippen LogP contribution in [0.2, 0.25) is 0 Å². The number of ketones is 1. The van der Waals surface area contributed by atoms with Crippen LogP contribution in [0.3, 0.4) is 0 Å². The monoisotopic (exact) mass is 287 g/mol. The topological polar surface area (TPSA) is 49.8 Å². The molecule has 0 bridgehead atoms. The van der Waals surface area contributed by atoms with Crippen molar-refractivity contribution in [3.05, 3.63) is 34.6 Å². The number of Topliss-reactive ketones (excluding diaryl/α,β-unsaturated/α-hetero) is 1. The van der Waals surface area contributed by atoms with Crippen molar-refractivity contribution in [3.8, 4) is 11.5 Å². The van der Waals surface area contributed by atoms with Crippen LogP contribution in [0.1, 0.15) is 49.0 Å². The minimum absolute atomic E-state index is 0.0788. The van der Waals surface area contributed by atoms with Gasteiger partial charge in [-0.25, -0.2) is 0 Å². The second-order valence-electron chi connectivity index (χ2n) is 6.04. The zero-order valence-corrected chi connectivity index (χ0v) is 12.6. The molecule has 0 aliphatic carbocycles. The molecule has 112 valence electrons. The normalized spacial score (nSPS) is 18.6. The number of ether oxygens (including phenoxy) is 1. The first-order valence-corrected chi connectivity index (χ1v) is 7.55. The van der Waals surface area contributed by atoms with Gasteiger partial charge in [0.2, 0.25) is 5.78 Å². The number of hydrogen-bond donors (Lipinski definition) is 1. The maximum absolute atomic E-state index is 12.3. The number of fused-ring (bicyclic) bond motifs is 1. The summed E-state index contributed by atoms with van der Waals surface area (Å²) in [5.74, 6) is 1.07. The fraction of sp³-hybridized carbons (Fsp3) is 0.471. The highest BCUT2D eigenvalue weighted by Crippen LogP contribution is 2.40. The van der Waals surface area contributed by atoms with Gasteiger partial charge in [-0.15, -0.1) is 0 Å². The molecule has 3 rings (SSSR count). The summed E-state index contributed by atoms with van der Waals surface area (Å²) in [7, 11) is 0. The first-order valence-electron chi connectivity index (χ1n) is 7.55. The van der Waals surface area contributed by atoms with Crippen LogP contribution in [0.4, 0.5) is 0 Å². The summed E-state index contributed by atoms with van der Waals surface area (Å²) in [5, 5.41) is 10.2. The van der Waals surface area contributed by atoms with Gasteiger partial charge in [0, 0.05) is 6.54 Å². The standard InChI is InChI=1S/C17H21NO3/c1-11(2)16-15(20)12-6-7-14(19)13(17(12)21-16)10-18-8-4-3-5-9-18/h6-7,19H,3-5,8-10H2,1-2H3. The van der Waals surface area contributed by atoms with Crippen molar-refractivity contribution in [2.75, 3.05) is 13.1 Å². The molecule has 4 nitrogen and oxygen atoms in total. The van der Waals surface area contributed by atoms with Crippen LogP contribution in [0.25, 0.3) is 0 Å². The van der Waals surface area contributed by atoms with Gasteiger partial charge in [-0.1, -0.05) is 6.42 Å².